The molecule has 0 saturated carbocycles. The van der Waals surface area contributed by atoms with Gasteiger partial charge in [0.2, 0.25) is 5.91 Å². The Balaban J connectivity index is 1.49. The quantitative estimate of drug-likeness (QED) is 0.899. The molecule has 1 amide bonds. The smallest absolute Gasteiger partial charge is 0.224 e. The molecule has 2 fully saturated rings. The van der Waals surface area contributed by atoms with E-state index in [0.29, 0.717) is 26.1 Å². The first-order valence-corrected chi connectivity index (χ1v) is 8.77. The van der Waals surface area contributed by atoms with E-state index < -0.39 is 0 Å². The lowest BCUT2D eigenvalue weighted by Crippen LogP contribution is -2.45. The summed E-state index contributed by atoms with van der Waals surface area (Å²) >= 11 is 0. The Labute approximate surface area is 142 Å². The summed E-state index contributed by atoms with van der Waals surface area (Å²) in [6, 6.07) is 7.04. The van der Waals surface area contributed by atoms with Crippen LogP contribution in [0.4, 0.5) is 4.39 Å². The predicted molar refractivity (Wildman–Crippen MR) is 90.1 cm³/mol. The maximum atomic E-state index is 13.8. The van der Waals surface area contributed by atoms with Crippen LogP contribution >= 0.6 is 0 Å². The lowest BCUT2D eigenvalue weighted by molar-refractivity contribution is -0.132. The number of nitrogens with zero attached hydrogens (tertiary/aromatic N) is 2. The number of morpholine rings is 1. The second-order valence-electron chi connectivity index (χ2n) is 6.53. The molecule has 2 aliphatic rings. The Morgan fingerprint density at radius 2 is 2.12 bits per heavy atom. The molecule has 1 N–H and O–H groups in total. The van der Waals surface area contributed by atoms with Crippen molar-refractivity contribution in [3.63, 3.8) is 0 Å². The van der Waals surface area contributed by atoms with E-state index in [2.05, 4.69) is 10.2 Å². The third-order valence-electron chi connectivity index (χ3n) is 4.71. The summed E-state index contributed by atoms with van der Waals surface area (Å²) < 4.78 is 19.2. The monoisotopic (exact) mass is 335 g/mol. The van der Waals surface area contributed by atoms with E-state index in [9.17, 15) is 9.18 Å². The maximum absolute atomic E-state index is 13.8. The molecule has 2 aliphatic heterocycles. The van der Waals surface area contributed by atoms with Gasteiger partial charge < -0.3 is 15.0 Å². The molecular weight excluding hydrogens is 309 g/mol. The van der Waals surface area contributed by atoms with Crippen LogP contribution in [-0.4, -0.2) is 67.7 Å². The Morgan fingerprint density at radius 1 is 1.25 bits per heavy atom. The molecule has 0 aromatic heterocycles. The summed E-state index contributed by atoms with van der Waals surface area (Å²) in [5.74, 6) is 0.0313. The van der Waals surface area contributed by atoms with Crippen LogP contribution in [0, 0.1) is 5.82 Å². The van der Waals surface area contributed by atoms with Crippen molar-refractivity contribution in [1.29, 1.82) is 0 Å². The minimum absolute atomic E-state index is 0.129. The summed E-state index contributed by atoms with van der Waals surface area (Å²) in [6.07, 6.45) is 1.42. The van der Waals surface area contributed by atoms with Gasteiger partial charge in [0.15, 0.2) is 0 Å². The van der Waals surface area contributed by atoms with Gasteiger partial charge in [0.05, 0.1) is 13.2 Å². The highest BCUT2D eigenvalue weighted by Gasteiger charge is 2.23. The van der Waals surface area contributed by atoms with E-state index >= 15 is 0 Å². The van der Waals surface area contributed by atoms with Crippen LogP contribution in [0.25, 0.3) is 0 Å². The fourth-order valence-electron chi connectivity index (χ4n) is 3.34. The lowest BCUT2D eigenvalue weighted by atomic mass is 10.1. The van der Waals surface area contributed by atoms with Crippen LogP contribution in [0.1, 0.15) is 18.4 Å². The molecule has 1 aromatic rings. The normalized spacial score (nSPS) is 23.0. The molecule has 0 aliphatic carbocycles. The van der Waals surface area contributed by atoms with E-state index in [-0.39, 0.29) is 17.8 Å². The molecule has 1 aromatic carbocycles. The van der Waals surface area contributed by atoms with Gasteiger partial charge in [-0.2, -0.15) is 0 Å². The van der Waals surface area contributed by atoms with E-state index in [1.807, 2.05) is 17.0 Å². The first-order valence-electron chi connectivity index (χ1n) is 8.77. The molecule has 6 heteroatoms. The van der Waals surface area contributed by atoms with Crippen LogP contribution < -0.4 is 5.32 Å². The number of hydrogen-bond acceptors (Lipinski definition) is 4. The van der Waals surface area contributed by atoms with Gasteiger partial charge in [0.25, 0.3) is 0 Å². The summed E-state index contributed by atoms with van der Waals surface area (Å²) in [6.45, 7) is 5.91. The molecule has 5 nitrogen and oxygen atoms in total. The molecule has 0 radical (unpaired) electrons. The number of hydrogen-bond donors (Lipinski definition) is 1. The summed E-state index contributed by atoms with van der Waals surface area (Å²) in [4.78, 5) is 16.7. The number of ether oxygens (including phenoxy) is 1. The van der Waals surface area contributed by atoms with Gasteiger partial charge in [0.1, 0.15) is 5.82 Å². The van der Waals surface area contributed by atoms with Crippen LogP contribution in [0.3, 0.4) is 0 Å². The minimum atomic E-state index is -0.155. The Morgan fingerprint density at radius 3 is 2.92 bits per heavy atom. The van der Waals surface area contributed by atoms with Crippen molar-refractivity contribution in [2.75, 3.05) is 45.9 Å². The fraction of sp³-hybridized carbons (Fsp3) is 0.611. The zero-order valence-corrected chi connectivity index (χ0v) is 14.0. The van der Waals surface area contributed by atoms with E-state index in [1.54, 1.807) is 6.07 Å². The van der Waals surface area contributed by atoms with Crippen molar-refractivity contribution in [3.8, 4) is 0 Å². The number of amides is 1. The molecular formula is C18H26FN3O2. The number of carbonyl (C=O) groups is 1. The number of nitrogens with one attached hydrogen (secondary N) is 1. The Kier molecular flexibility index (Phi) is 6.18. The Bertz CT molecular complexity index is 549. The molecule has 2 saturated heterocycles. The van der Waals surface area contributed by atoms with Crippen molar-refractivity contribution in [1.82, 2.24) is 15.1 Å². The van der Waals surface area contributed by atoms with Gasteiger partial charge in [-0.25, -0.2) is 4.39 Å². The number of carbonyl (C=O) groups excluding carboxylic acids is 1. The Hall–Kier alpha value is -1.50. The van der Waals surface area contributed by atoms with Crippen LogP contribution in [-0.2, 0) is 16.1 Å². The van der Waals surface area contributed by atoms with Gasteiger partial charge in [0, 0.05) is 57.3 Å². The van der Waals surface area contributed by atoms with Crippen LogP contribution in [0.5, 0.6) is 0 Å². The van der Waals surface area contributed by atoms with Gasteiger partial charge in [-0.3, -0.25) is 9.69 Å². The van der Waals surface area contributed by atoms with Crippen molar-refractivity contribution in [3.05, 3.63) is 35.6 Å². The van der Waals surface area contributed by atoms with E-state index in [4.69, 9.17) is 4.74 Å². The summed E-state index contributed by atoms with van der Waals surface area (Å²) in [5, 5.41) is 3.33. The molecule has 0 spiro atoms. The largest absolute Gasteiger partial charge is 0.378 e. The number of benzene rings is 1. The van der Waals surface area contributed by atoms with Gasteiger partial charge >= 0.3 is 0 Å². The molecule has 0 bridgehead atoms. The lowest BCUT2D eigenvalue weighted by Gasteiger charge is -2.27. The summed E-state index contributed by atoms with van der Waals surface area (Å²) in [7, 11) is 0. The minimum Gasteiger partial charge on any atom is -0.378 e. The first-order chi connectivity index (χ1) is 11.7. The fourth-order valence-corrected chi connectivity index (χ4v) is 3.34. The number of rotatable bonds is 4. The van der Waals surface area contributed by atoms with Crippen LogP contribution in [0.2, 0.25) is 0 Å². The van der Waals surface area contributed by atoms with E-state index in [1.165, 1.54) is 6.07 Å². The summed E-state index contributed by atoms with van der Waals surface area (Å²) in [5.41, 5.74) is 0.723. The van der Waals surface area contributed by atoms with Crippen LogP contribution in [0.15, 0.2) is 24.3 Å². The first kappa shape index (κ1) is 17.3. The SMILES string of the molecule is O=C(C[C@H]1COCCN1)N1CCCN(Cc2ccccc2F)CC1. The molecule has 3 rings (SSSR count). The van der Waals surface area contributed by atoms with Crippen molar-refractivity contribution in [2.45, 2.75) is 25.4 Å². The number of halogens is 1. The maximum Gasteiger partial charge on any atom is 0.224 e. The second kappa shape index (κ2) is 8.55. The van der Waals surface area contributed by atoms with Crippen molar-refractivity contribution < 1.29 is 13.9 Å². The topological polar surface area (TPSA) is 44.8 Å². The van der Waals surface area contributed by atoms with E-state index in [0.717, 1.165) is 44.8 Å². The van der Waals surface area contributed by atoms with Gasteiger partial charge in [-0.15, -0.1) is 0 Å². The molecule has 0 unspecified atom stereocenters. The predicted octanol–water partition coefficient (Wildman–Crippen LogP) is 1.24. The molecule has 24 heavy (non-hydrogen) atoms. The third kappa shape index (κ3) is 4.75. The molecule has 2 heterocycles. The van der Waals surface area contributed by atoms with Gasteiger partial charge in [-0.05, 0) is 12.5 Å². The highest BCUT2D eigenvalue weighted by Crippen LogP contribution is 2.13. The average molecular weight is 335 g/mol. The third-order valence-corrected chi connectivity index (χ3v) is 4.71. The van der Waals surface area contributed by atoms with Crippen molar-refractivity contribution >= 4 is 5.91 Å². The molecule has 132 valence electrons. The average Bonchev–Trinajstić information content (AvgIpc) is 2.84. The zero-order chi connectivity index (χ0) is 16.8. The zero-order valence-electron chi connectivity index (χ0n) is 14.0. The molecule has 1 atom stereocenters. The second-order valence-corrected chi connectivity index (χ2v) is 6.53. The highest BCUT2D eigenvalue weighted by molar-refractivity contribution is 5.76. The van der Waals surface area contributed by atoms with Crippen molar-refractivity contribution in [2.24, 2.45) is 0 Å². The standard InChI is InChI=1S/C18H26FN3O2/c19-17-5-2-1-4-15(17)13-21-7-3-8-22(10-9-21)18(23)12-16-14-24-11-6-20-16/h1-2,4-5,16,20H,3,6-14H2/t16-/m0/s1. The van der Waals surface area contributed by atoms with Gasteiger partial charge in [-0.1, -0.05) is 18.2 Å². The highest BCUT2D eigenvalue weighted by atomic mass is 19.1.